The summed E-state index contributed by atoms with van der Waals surface area (Å²) in [5.74, 6) is 0. The lowest BCUT2D eigenvalue weighted by Gasteiger charge is -1.97. The largest absolute Gasteiger partial charge is 0.0885 e. The molecule has 0 saturated carbocycles. The predicted molar refractivity (Wildman–Crippen MR) is 70.6 cm³/mol. The number of hydrogen-bond donors (Lipinski definition) is 0. The van der Waals surface area contributed by atoms with Crippen LogP contribution in [0.3, 0.4) is 0 Å². The number of allylic oxidation sites excluding steroid dienone is 2. The van der Waals surface area contributed by atoms with Crippen molar-refractivity contribution in [3.63, 3.8) is 0 Å². The molecule has 0 fully saturated rings. The molecule has 0 aliphatic carbocycles. The van der Waals surface area contributed by atoms with Crippen LogP contribution in [0.5, 0.6) is 0 Å². The zero-order valence-corrected chi connectivity index (χ0v) is 10.3. The van der Waals surface area contributed by atoms with Gasteiger partial charge in [0.2, 0.25) is 0 Å². The highest BCUT2D eigenvalue weighted by molar-refractivity contribution is 4.81. The van der Waals surface area contributed by atoms with Crippen molar-refractivity contribution in [3.8, 4) is 0 Å². The highest BCUT2D eigenvalue weighted by Crippen LogP contribution is 2.07. The van der Waals surface area contributed by atoms with Crippen LogP contribution in [0.1, 0.15) is 70.6 Å². The highest BCUT2D eigenvalue weighted by atomic mass is 13.9. The van der Waals surface area contributed by atoms with E-state index in [-0.39, 0.29) is 0 Å². The van der Waals surface area contributed by atoms with Crippen molar-refractivity contribution in [3.05, 3.63) is 26.0 Å². The Morgan fingerprint density at radius 1 is 0.533 bits per heavy atom. The second kappa shape index (κ2) is 13.7. The molecule has 0 spiro atoms. The van der Waals surface area contributed by atoms with Crippen LogP contribution in [-0.2, 0) is 0 Å². The van der Waals surface area contributed by atoms with Gasteiger partial charge in [-0.25, -0.2) is 0 Å². The van der Waals surface area contributed by atoms with Gasteiger partial charge in [0.15, 0.2) is 0 Å². The van der Waals surface area contributed by atoms with Crippen LogP contribution < -0.4 is 0 Å². The first-order chi connectivity index (χ1) is 7.41. The minimum atomic E-state index is 1.08. The van der Waals surface area contributed by atoms with Crippen LogP contribution in [-0.4, -0.2) is 0 Å². The van der Waals surface area contributed by atoms with Crippen molar-refractivity contribution in [1.29, 1.82) is 0 Å². The summed E-state index contributed by atoms with van der Waals surface area (Å²) in [4.78, 5) is 0. The molecule has 0 aliphatic heterocycles. The van der Waals surface area contributed by atoms with Crippen molar-refractivity contribution in [2.24, 2.45) is 0 Å². The molecule has 0 heterocycles. The molecule has 0 aromatic carbocycles. The summed E-state index contributed by atoms with van der Waals surface area (Å²) in [6, 6.07) is 0. The van der Waals surface area contributed by atoms with Gasteiger partial charge in [-0.15, -0.1) is 0 Å². The van der Waals surface area contributed by atoms with Gasteiger partial charge in [-0.3, -0.25) is 0 Å². The van der Waals surface area contributed by atoms with Crippen LogP contribution in [0, 0.1) is 13.8 Å². The zero-order valence-electron chi connectivity index (χ0n) is 10.3. The van der Waals surface area contributed by atoms with Gasteiger partial charge in [0.1, 0.15) is 0 Å². The van der Waals surface area contributed by atoms with Crippen LogP contribution in [0.4, 0.5) is 0 Å². The monoisotopic (exact) mass is 208 g/mol. The lowest BCUT2D eigenvalue weighted by atomic mass is 10.1. The molecule has 0 aromatic rings. The highest BCUT2D eigenvalue weighted by Gasteiger charge is 1.88. The van der Waals surface area contributed by atoms with E-state index in [1.54, 1.807) is 0 Å². The Hall–Kier alpha value is -0.260. The van der Waals surface area contributed by atoms with Crippen molar-refractivity contribution < 1.29 is 0 Å². The summed E-state index contributed by atoms with van der Waals surface area (Å²) in [6.07, 6.45) is 18.8. The molecule has 0 aromatic heterocycles. The van der Waals surface area contributed by atoms with Gasteiger partial charge >= 0.3 is 0 Å². The minimum absolute atomic E-state index is 1.08. The minimum Gasteiger partial charge on any atom is -0.0885 e. The summed E-state index contributed by atoms with van der Waals surface area (Å²) in [5, 5.41) is 0. The van der Waals surface area contributed by atoms with Crippen molar-refractivity contribution in [1.82, 2.24) is 0 Å². The molecule has 0 aliphatic rings. The molecule has 0 nitrogen and oxygen atoms in total. The molecular weight excluding hydrogens is 180 g/mol. The maximum absolute atomic E-state index is 3.85. The maximum atomic E-state index is 3.85. The molecule has 0 heteroatoms. The molecule has 0 saturated heterocycles. The lowest BCUT2D eigenvalue weighted by Crippen LogP contribution is -1.78. The van der Waals surface area contributed by atoms with E-state index in [0.29, 0.717) is 0 Å². The predicted octanol–water partition coefficient (Wildman–Crippen LogP) is 5.50. The fourth-order valence-corrected chi connectivity index (χ4v) is 1.64. The lowest BCUT2D eigenvalue weighted by molar-refractivity contribution is 0.621. The first-order valence-corrected chi connectivity index (χ1v) is 6.65. The van der Waals surface area contributed by atoms with Gasteiger partial charge in [0, 0.05) is 0 Å². The average molecular weight is 208 g/mol. The van der Waals surface area contributed by atoms with E-state index in [2.05, 4.69) is 26.0 Å². The van der Waals surface area contributed by atoms with Crippen molar-refractivity contribution in [2.45, 2.75) is 70.6 Å². The third-order valence-electron chi connectivity index (χ3n) is 2.66. The second-order valence-corrected chi connectivity index (χ2v) is 4.23. The van der Waals surface area contributed by atoms with Crippen LogP contribution in [0.15, 0.2) is 12.2 Å². The Bertz CT molecular complexity index is 124. The van der Waals surface area contributed by atoms with E-state index >= 15 is 0 Å². The quantitative estimate of drug-likeness (QED) is 0.310. The molecule has 15 heavy (non-hydrogen) atoms. The maximum Gasteiger partial charge on any atom is -0.0351 e. The summed E-state index contributed by atoms with van der Waals surface area (Å²) >= 11 is 0. The second-order valence-electron chi connectivity index (χ2n) is 4.23. The fraction of sp³-hybridized carbons (Fsp3) is 0.733. The van der Waals surface area contributed by atoms with Gasteiger partial charge in [0.05, 0.1) is 0 Å². The summed E-state index contributed by atoms with van der Waals surface area (Å²) in [5.41, 5.74) is 0. The molecule has 0 unspecified atom stereocenters. The first kappa shape index (κ1) is 14.7. The Labute approximate surface area is 97.2 Å². The SMILES string of the molecule is [CH2]CCCC/C=C/CCCCCCC[CH2]. The van der Waals surface area contributed by atoms with E-state index in [1.807, 2.05) is 0 Å². The van der Waals surface area contributed by atoms with Gasteiger partial charge < -0.3 is 0 Å². The van der Waals surface area contributed by atoms with Crippen LogP contribution in [0.25, 0.3) is 0 Å². The van der Waals surface area contributed by atoms with Gasteiger partial charge in [-0.05, 0) is 25.7 Å². The molecular formula is C15H28. The molecule has 88 valence electrons. The van der Waals surface area contributed by atoms with E-state index in [1.165, 1.54) is 57.8 Å². The molecule has 0 rings (SSSR count). The van der Waals surface area contributed by atoms with Crippen LogP contribution in [0.2, 0.25) is 0 Å². The van der Waals surface area contributed by atoms with Crippen molar-refractivity contribution >= 4 is 0 Å². The average Bonchev–Trinajstić information content (AvgIpc) is 2.26. The zero-order chi connectivity index (χ0) is 11.2. The van der Waals surface area contributed by atoms with E-state index < -0.39 is 0 Å². The Balaban J connectivity index is 2.96. The summed E-state index contributed by atoms with van der Waals surface area (Å²) in [7, 11) is 0. The number of unbranched alkanes of at least 4 members (excludes halogenated alkanes) is 9. The van der Waals surface area contributed by atoms with Crippen molar-refractivity contribution in [2.75, 3.05) is 0 Å². The molecule has 0 N–H and O–H groups in total. The van der Waals surface area contributed by atoms with Gasteiger partial charge in [-0.2, -0.15) is 0 Å². The fourth-order valence-electron chi connectivity index (χ4n) is 1.64. The molecule has 2 radical (unpaired) electrons. The Kier molecular flexibility index (Phi) is 13.5. The number of rotatable bonds is 11. The van der Waals surface area contributed by atoms with E-state index in [9.17, 15) is 0 Å². The first-order valence-electron chi connectivity index (χ1n) is 6.65. The smallest absolute Gasteiger partial charge is 0.0351 e. The number of hydrogen-bond acceptors (Lipinski definition) is 0. The topological polar surface area (TPSA) is 0 Å². The molecule has 0 atom stereocenters. The normalized spacial score (nSPS) is 11.3. The Morgan fingerprint density at radius 3 is 1.53 bits per heavy atom. The Morgan fingerprint density at radius 2 is 0.933 bits per heavy atom. The molecule has 0 amide bonds. The van der Waals surface area contributed by atoms with E-state index in [4.69, 9.17) is 0 Å². The van der Waals surface area contributed by atoms with Gasteiger partial charge in [-0.1, -0.05) is 70.9 Å². The third kappa shape index (κ3) is 13.7. The standard InChI is InChI=1S/C15H28/c1-3-5-7-9-11-13-15-14-12-10-8-6-4-2/h11,13H,1-10,12,14-15H2/b13-11+. The third-order valence-corrected chi connectivity index (χ3v) is 2.66. The summed E-state index contributed by atoms with van der Waals surface area (Å²) in [6.45, 7) is 7.69. The van der Waals surface area contributed by atoms with Crippen LogP contribution >= 0.6 is 0 Å². The van der Waals surface area contributed by atoms with Gasteiger partial charge in [0.25, 0.3) is 0 Å². The summed E-state index contributed by atoms with van der Waals surface area (Å²) < 4.78 is 0. The van der Waals surface area contributed by atoms with E-state index in [0.717, 1.165) is 12.8 Å². The molecule has 0 bridgehead atoms.